The van der Waals surface area contributed by atoms with Crippen LogP contribution in [0.25, 0.3) is 0 Å². The fourth-order valence-electron chi connectivity index (χ4n) is 3.27. The minimum Gasteiger partial charge on any atom is -0.354 e. The summed E-state index contributed by atoms with van der Waals surface area (Å²) in [5.74, 6) is 0.0702. The molecule has 0 spiro atoms. The Morgan fingerprint density at radius 3 is 2.33 bits per heavy atom. The van der Waals surface area contributed by atoms with Crippen molar-refractivity contribution in [1.29, 1.82) is 0 Å². The zero-order valence-electron chi connectivity index (χ0n) is 15.5. The lowest BCUT2D eigenvalue weighted by Gasteiger charge is -2.23. The van der Waals surface area contributed by atoms with Gasteiger partial charge in [0.2, 0.25) is 11.8 Å². The summed E-state index contributed by atoms with van der Waals surface area (Å²) in [7, 11) is 0. The molecule has 24 heavy (non-hydrogen) atoms. The molecule has 1 N–H and O–H groups in total. The molecule has 0 aromatic heterocycles. The number of rotatable bonds is 4. The van der Waals surface area contributed by atoms with Crippen LogP contribution < -0.4 is 5.32 Å². The number of carbonyl (C=O) groups is 2. The minimum atomic E-state index is -0.182. The first-order valence-electron chi connectivity index (χ1n) is 8.80. The van der Waals surface area contributed by atoms with Crippen molar-refractivity contribution in [2.45, 2.75) is 53.0 Å². The zero-order valence-corrected chi connectivity index (χ0v) is 15.5. The minimum absolute atomic E-state index is 0.0440. The first kappa shape index (κ1) is 18.5. The second-order valence-electron chi connectivity index (χ2n) is 8.32. The molecule has 132 valence electrons. The number of benzene rings is 1. The van der Waals surface area contributed by atoms with Crippen LogP contribution in [0, 0.1) is 11.3 Å². The predicted octanol–water partition coefficient (Wildman–Crippen LogP) is 3.19. The molecular weight excluding hydrogens is 300 g/mol. The van der Waals surface area contributed by atoms with Crippen LogP contribution >= 0.6 is 0 Å². The third kappa shape index (κ3) is 4.83. The van der Waals surface area contributed by atoms with Crippen LogP contribution in [0.4, 0.5) is 0 Å². The van der Waals surface area contributed by atoms with E-state index >= 15 is 0 Å². The first-order valence-corrected chi connectivity index (χ1v) is 8.80. The number of hydrogen-bond acceptors (Lipinski definition) is 2. The molecule has 0 aliphatic carbocycles. The predicted molar refractivity (Wildman–Crippen MR) is 96.6 cm³/mol. The van der Waals surface area contributed by atoms with Gasteiger partial charge in [0.05, 0.1) is 5.92 Å². The van der Waals surface area contributed by atoms with Gasteiger partial charge in [0.1, 0.15) is 0 Å². The van der Waals surface area contributed by atoms with E-state index in [0.29, 0.717) is 19.5 Å². The standard InChI is InChI=1S/C20H30N2O2/c1-14(2)21-19(24)17-13-22(18(23)11-20(3,4)5)12-16(17)15-9-7-6-8-10-15/h6-10,14,16-17H,11-13H2,1-5H3,(H,21,24). The lowest BCUT2D eigenvalue weighted by Crippen LogP contribution is -2.39. The van der Waals surface area contributed by atoms with Crippen LogP contribution in [-0.2, 0) is 9.59 Å². The third-order valence-electron chi connectivity index (χ3n) is 4.35. The summed E-state index contributed by atoms with van der Waals surface area (Å²) in [5, 5.41) is 3.02. The van der Waals surface area contributed by atoms with Crippen molar-refractivity contribution in [3.8, 4) is 0 Å². The molecule has 4 heteroatoms. The number of hydrogen-bond donors (Lipinski definition) is 1. The van der Waals surface area contributed by atoms with E-state index in [2.05, 4.69) is 38.2 Å². The van der Waals surface area contributed by atoms with Crippen LogP contribution in [-0.4, -0.2) is 35.8 Å². The molecule has 4 nitrogen and oxygen atoms in total. The van der Waals surface area contributed by atoms with Gasteiger partial charge in [0, 0.05) is 31.5 Å². The van der Waals surface area contributed by atoms with Crippen molar-refractivity contribution in [3.05, 3.63) is 35.9 Å². The molecule has 2 atom stereocenters. The van der Waals surface area contributed by atoms with Crippen LogP contribution in [0.5, 0.6) is 0 Å². The maximum Gasteiger partial charge on any atom is 0.225 e. The molecule has 0 saturated carbocycles. The van der Waals surface area contributed by atoms with Gasteiger partial charge in [-0.1, -0.05) is 51.1 Å². The topological polar surface area (TPSA) is 49.4 Å². The summed E-state index contributed by atoms with van der Waals surface area (Å²) < 4.78 is 0. The van der Waals surface area contributed by atoms with Gasteiger partial charge < -0.3 is 10.2 Å². The average Bonchev–Trinajstić information content (AvgIpc) is 2.91. The summed E-state index contributed by atoms with van der Waals surface area (Å²) in [6.07, 6.45) is 0.507. The van der Waals surface area contributed by atoms with Crippen molar-refractivity contribution >= 4 is 11.8 Å². The van der Waals surface area contributed by atoms with Crippen LogP contribution in [0.3, 0.4) is 0 Å². The number of nitrogens with zero attached hydrogens (tertiary/aromatic N) is 1. The van der Waals surface area contributed by atoms with E-state index in [1.165, 1.54) is 0 Å². The number of amides is 2. The van der Waals surface area contributed by atoms with Gasteiger partial charge >= 0.3 is 0 Å². The average molecular weight is 330 g/mol. The summed E-state index contributed by atoms with van der Waals surface area (Å²) >= 11 is 0. The molecule has 2 amide bonds. The molecule has 1 aliphatic rings. The molecule has 1 heterocycles. The van der Waals surface area contributed by atoms with Gasteiger partial charge in [-0.05, 0) is 24.8 Å². The molecule has 1 aliphatic heterocycles. The molecule has 1 saturated heterocycles. The lowest BCUT2D eigenvalue weighted by atomic mass is 9.88. The molecular formula is C20H30N2O2. The maximum atomic E-state index is 12.6. The molecule has 1 aromatic carbocycles. The highest BCUT2D eigenvalue weighted by atomic mass is 16.2. The fourth-order valence-corrected chi connectivity index (χ4v) is 3.27. The maximum absolute atomic E-state index is 12.6. The molecule has 0 radical (unpaired) electrons. The van der Waals surface area contributed by atoms with Crippen molar-refractivity contribution in [1.82, 2.24) is 10.2 Å². The Hall–Kier alpha value is -1.84. The first-order chi connectivity index (χ1) is 11.2. The Bertz CT molecular complexity index is 575. The van der Waals surface area contributed by atoms with Gasteiger partial charge in [-0.2, -0.15) is 0 Å². The van der Waals surface area contributed by atoms with E-state index in [9.17, 15) is 9.59 Å². The number of carbonyl (C=O) groups excluding carboxylic acids is 2. The summed E-state index contributed by atoms with van der Waals surface area (Å²) in [5.41, 5.74) is 1.09. The molecule has 1 aromatic rings. The van der Waals surface area contributed by atoms with Gasteiger partial charge in [0.25, 0.3) is 0 Å². The lowest BCUT2D eigenvalue weighted by molar-refractivity contribution is -0.132. The van der Waals surface area contributed by atoms with E-state index < -0.39 is 0 Å². The van der Waals surface area contributed by atoms with E-state index in [-0.39, 0.29) is 35.1 Å². The molecule has 0 bridgehead atoms. The highest BCUT2D eigenvalue weighted by molar-refractivity contribution is 5.83. The smallest absolute Gasteiger partial charge is 0.225 e. The van der Waals surface area contributed by atoms with Crippen molar-refractivity contribution < 1.29 is 9.59 Å². The van der Waals surface area contributed by atoms with E-state index in [1.807, 2.05) is 36.9 Å². The Labute approximate surface area is 145 Å². The van der Waals surface area contributed by atoms with Crippen molar-refractivity contribution in [2.75, 3.05) is 13.1 Å². The molecule has 2 rings (SSSR count). The highest BCUT2D eigenvalue weighted by Gasteiger charge is 2.40. The van der Waals surface area contributed by atoms with Gasteiger partial charge in [0.15, 0.2) is 0 Å². The van der Waals surface area contributed by atoms with Gasteiger partial charge in [-0.15, -0.1) is 0 Å². The zero-order chi connectivity index (χ0) is 17.9. The van der Waals surface area contributed by atoms with Crippen molar-refractivity contribution in [2.24, 2.45) is 11.3 Å². The van der Waals surface area contributed by atoms with Crippen molar-refractivity contribution in [3.63, 3.8) is 0 Å². The Kier molecular flexibility index (Phi) is 5.68. The van der Waals surface area contributed by atoms with Gasteiger partial charge in [-0.25, -0.2) is 0 Å². The van der Waals surface area contributed by atoms with E-state index in [1.54, 1.807) is 0 Å². The highest BCUT2D eigenvalue weighted by Crippen LogP contribution is 2.34. The fraction of sp³-hybridized carbons (Fsp3) is 0.600. The Morgan fingerprint density at radius 1 is 1.17 bits per heavy atom. The number of likely N-dealkylation sites (tertiary alicyclic amines) is 1. The summed E-state index contributed by atoms with van der Waals surface area (Å²) in [6.45, 7) is 11.3. The van der Waals surface area contributed by atoms with E-state index in [0.717, 1.165) is 5.56 Å². The Balaban J connectivity index is 2.19. The summed E-state index contributed by atoms with van der Waals surface area (Å²) in [4.78, 5) is 27.1. The van der Waals surface area contributed by atoms with Crippen LogP contribution in [0.2, 0.25) is 0 Å². The van der Waals surface area contributed by atoms with Gasteiger partial charge in [-0.3, -0.25) is 9.59 Å². The second kappa shape index (κ2) is 7.37. The monoisotopic (exact) mass is 330 g/mol. The number of nitrogens with one attached hydrogen (secondary N) is 1. The molecule has 1 fully saturated rings. The largest absolute Gasteiger partial charge is 0.354 e. The summed E-state index contributed by atoms with van der Waals surface area (Å²) in [6, 6.07) is 10.2. The molecule has 2 unspecified atom stereocenters. The third-order valence-corrected chi connectivity index (χ3v) is 4.35. The SMILES string of the molecule is CC(C)NC(=O)C1CN(C(=O)CC(C)(C)C)CC1c1ccccc1. The Morgan fingerprint density at radius 2 is 1.79 bits per heavy atom. The van der Waals surface area contributed by atoms with Crippen LogP contribution in [0.1, 0.15) is 52.5 Å². The second-order valence-corrected chi connectivity index (χ2v) is 8.32. The van der Waals surface area contributed by atoms with Crippen LogP contribution in [0.15, 0.2) is 30.3 Å². The quantitative estimate of drug-likeness (QED) is 0.922. The van der Waals surface area contributed by atoms with E-state index in [4.69, 9.17) is 0 Å². The normalized spacial score (nSPS) is 21.2.